The van der Waals surface area contributed by atoms with Crippen molar-refractivity contribution in [3.05, 3.63) is 29.9 Å². The molecule has 0 unspecified atom stereocenters. The summed E-state index contributed by atoms with van der Waals surface area (Å²) in [6.07, 6.45) is 0.676. The van der Waals surface area contributed by atoms with Crippen LogP contribution in [0.3, 0.4) is 0 Å². The van der Waals surface area contributed by atoms with Crippen LogP contribution in [0.2, 0.25) is 0 Å². The standard InChI is InChI=1S/C13H18N4O2/c1-3-18-12-8-10(4-5-11(12)14)15-7-6-13-16-9(2)17-19-13/h4-5,8,15H,3,6-7,14H2,1-2H3. The van der Waals surface area contributed by atoms with E-state index in [1.165, 1.54) is 0 Å². The summed E-state index contributed by atoms with van der Waals surface area (Å²) >= 11 is 0. The molecule has 1 heterocycles. The molecule has 6 nitrogen and oxygen atoms in total. The second-order valence-corrected chi connectivity index (χ2v) is 4.10. The number of nitrogens with two attached hydrogens (primary N) is 1. The Kier molecular flexibility index (Phi) is 4.22. The average Bonchev–Trinajstić information content (AvgIpc) is 2.79. The summed E-state index contributed by atoms with van der Waals surface area (Å²) in [4.78, 5) is 4.14. The Bertz CT molecular complexity index is 539. The Morgan fingerprint density at radius 2 is 2.26 bits per heavy atom. The molecule has 3 N–H and O–H groups in total. The molecule has 6 heteroatoms. The Morgan fingerprint density at radius 1 is 1.42 bits per heavy atom. The van der Waals surface area contributed by atoms with Gasteiger partial charge in [0.15, 0.2) is 5.82 Å². The van der Waals surface area contributed by atoms with Crippen molar-refractivity contribution in [2.75, 3.05) is 24.2 Å². The van der Waals surface area contributed by atoms with Crippen molar-refractivity contribution < 1.29 is 9.26 Å². The minimum Gasteiger partial charge on any atom is -0.492 e. The number of benzene rings is 1. The van der Waals surface area contributed by atoms with E-state index in [0.717, 1.165) is 5.69 Å². The topological polar surface area (TPSA) is 86.2 Å². The second-order valence-electron chi connectivity index (χ2n) is 4.10. The first-order valence-corrected chi connectivity index (χ1v) is 6.24. The van der Waals surface area contributed by atoms with Crippen LogP contribution in [0.4, 0.5) is 11.4 Å². The van der Waals surface area contributed by atoms with Crippen molar-refractivity contribution in [1.82, 2.24) is 10.1 Å². The summed E-state index contributed by atoms with van der Waals surface area (Å²) in [5, 5.41) is 7.01. The van der Waals surface area contributed by atoms with E-state index in [1.54, 1.807) is 6.92 Å². The number of hydrogen-bond donors (Lipinski definition) is 2. The van der Waals surface area contributed by atoms with Crippen LogP contribution in [0.25, 0.3) is 0 Å². The van der Waals surface area contributed by atoms with Gasteiger partial charge in [0.25, 0.3) is 0 Å². The summed E-state index contributed by atoms with van der Waals surface area (Å²) in [5.74, 6) is 1.98. The maximum atomic E-state index is 5.81. The van der Waals surface area contributed by atoms with Gasteiger partial charge in [-0.15, -0.1) is 0 Å². The summed E-state index contributed by atoms with van der Waals surface area (Å²) in [5.41, 5.74) is 7.40. The predicted octanol–water partition coefficient (Wildman–Crippen LogP) is 2.01. The molecule has 0 bridgehead atoms. The lowest BCUT2D eigenvalue weighted by Gasteiger charge is -2.10. The summed E-state index contributed by atoms with van der Waals surface area (Å²) in [6.45, 7) is 5.03. The Hall–Kier alpha value is -2.24. The number of aromatic nitrogens is 2. The molecular weight excluding hydrogens is 244 g/mol. The molecule has 0 aliphatic heterocycles. The molecule has 0 spiro atoms. The van der Waals surface area contributed by atoms with E-state index >= 15 is 0 Å². The fraction of sp³-hybridized carbons (Fsp3) is 0.385. The predicted molar refractivity (Wildman–Crippen MR) is 73.3 cm³/mol. The van der Waals surface area contributed by atoms with E-state index in [9.17, 15) is 0 Å². The highest BCUT2D eigenvalue weighted by molar-refractivity contribution is 5.61. The lowest BCUT2D eigenvalue weighted by molar-refractivity contribution is 0.342. The smallest absolute Gasteiger partial charge is 0.228 e. The molecule has 0 atom stereocenters. The minimum atomic E-state index is 0.592. The number of anilines is 2. The molecule has 102 valence electrons. The molecule has 1 aromatic carbocycles. The molecule has 19 heavy (non-hydrogen) atoms. The van der Waals surface area contributed by atoms with Gasteiger partial charge in [-0.3, -0.25) is 0 Å². The van der Waals surface area contributed by atoms with Crippen LogP contribution in [0.1, 0.15) is 18.6 Å². The van der Waals surface area contributed by atoms with Gasteiger partial charge in [0.1, 0.15) is 5.75 Å². The number of nitrogens with zero attached hydrogens (tertiary/aromatic N) is 2. The maximum absolute atomic E-state index is 5.81. The number of ether oxygens (including phenoxy) is 1. The average molecular weight is 262 g/mol. The second kappa shape index (κ2) is 6.08. The fourth-order valence-electron chi connectivity index (χ4n) is 1.68. The molecule has 0 amide bonds. The van der Waals surface area contributed by atoms with E-state index in [1.807, 2.05) is 25.1 Å². The van der Waals surface area contributed by atoms with Gasteiger partial charge in [0.2, 0.25) is 5.89 Å². The molecule has 1 aromatic heterocycles. The van der Waals surface area contributed by atoms with Gasteiger partial charge in [-0.25, -0.2) is 0 Å². The highest BCUT2D eigenvalue weighted by Gasteiger charge is 2.04. The van der Waals surface area contributed by atoms with E-state index in [4.69, 9.17) is 15.0 Å². The van der Waals surface area contributed by atoms with Crippen LogP contribution in [0, 0.1) is 6.92 Å². The molecule has 0 saturated heterocycles. The molecule has 2 rings (SSSR count). The first-order chi connectivity index (χ1) is 9.19. The Labute approximate surface area is 112 Å². The monoisotopic (exact) mass is 262 g/mol. The van der Waals surface area contributed by atoms with Crippen molar-refractivity contribution in [3.63, 3.8) is 0 Å². The highest BCUT2D eigenvalue weighted by atomic mass is 16.5. The molecular formula is C13H18N4O2. The lowest BCUT2D eigenvalue weighted by atomic mass is 10.2. The first-order valence-electron chi connectivity index (χ1n) is 6.24. The highest BCUT2D eigenvalue weighted by Crippen LogP contribution is 2.25. The van der Waals surface area contributed by atoms with Crippen molar-refractivity contribution in [2.45, 2.75) is 20.3 Å². The SMILES string of the molecule is CCOc1cc(NCCc2nc(C)no2)ccc1N. The van der Waals surface area contributed by atoms with Gasteiger partial charge in [-0.2, -0.15) is 4.98 Å². The minimum absolute atomic E-state index is 0.592. The molecule has 0 fully saturated rings. The van der Waals surface area contributed by atoms with E-state index < -0.39 is 0 Å². The molecule has 0 aliphatic carbocycles. The zero-order valence-electron chi connectivity index (χ0n) is 11.1. The van der Waals surface area contributed by atoms with Crippen LogP contribution in [-0.4, -0.2) is 23.3 Å². The number of nitrogen functional groups attached to an aromatic ring is 1. The van der Waals surface area contributed by atoms with Crippen LogP contribution >= 0.6 is 0 Å². The van der Waals surface area contributed by atoms with Crippen molar-refractivity contribution in [3.8, 4) is 5.75 Å². The van der Waals surface area contributed by atoms with E-state index in [0.29, 0.717) is 42.7 Å². The number of hydrogen-bond acceptors (Lipinski definition) is 6. The molecule has 2 aromatic rings. The Morgan fingerprint density at radius 3 is 2.95 bits per heavy atom. The third-order valence-corrected chi connectivity index (χ3v) is 2.55. The van der Waals surface area contributed by atoms with Gasteiger partial charge in [-0.05, 0) is 26.0 Å². The normalized spacial score (nSPS) is 10.4. The zero-order chi connectivity index (χ0) is 13.7. The zero-order valence-corrected chi connectivity index (χ0v) is 11.1. The largest absolute Gasteiger partial charge is 0.492 e. The van der Waals surface area contributed by atoms with Gasteiger partial charge in [-0.1, -0.05) is 5.16 Å². The van der Waals surface area contributed by atoms with Gasteiger partial charge in [0, 0.05) is 24.7 Å². The fourth-order valence-corrected chi connectivity index (χ4v) is 1.68. The van der Waals surface area contributed by atoms with Crippen molar-refractivity contribution in [2.24, 2.45) is 0 Å². The third kappa shape index (κ3) is 3.61. The first kappa shape index (κ1) is 13.2. The van der Waals surface area contributed by atoms with Crippen LogP contribution in [0.5, 0.6) is 5.75 Å². The third-order valence-electron chi connectivity index (χ3n) is 2.55. The van der Waals surface area contributed by atoms with Crippen LogP contribution in [0.15, 0.2) is 22.7 Å². The number of nitrogens with one attached hydrogen (secondary N) is 1. The summed E-state index contributed by atoms with van der Waals surface area (Å²) in [6, 6.07) is 5.62. The molecule has 0 radical (unpaired) electrons. The summed E-state index contributed by atoms with van der Waals surface area (Å²) in [7, 11) is 0. The summed E-state index contributed by atoms with van der Waals surface area (Å²) < 4.78 is 10.5. The molecule has 0 aliphatic rings. The number of rotatable bonds is 6. The van der Waals surface area contributed by atoms with Crippen molar-refractivity contribution in [1.29, 1.82) is 0 Å². The van der Waals surface area contributed by atoms with Crippen molar-refractivity contribution >= 4 is 11.4 Å². The van der Waals surface area contributed by atoms with Gasteiger partial charge in [0.05, 0.1) is 12.3 Å². The maximum Gasteiger partial charge on any atom is 0.228 e. The van der Waals surface area contributed by atoms with Crippen LogP contribution in [-0.2, 0) is 6.42 Å². The molecule has 0 saturated carbocycles. The van der Waals surface area contributed by atoms with Gasteiger partial charge < -0.3 is 20.3 Å². The van der Waals surface area contributed by atoms with Gasteiger partial charge >= 0.3 is 0 Å². The van der Waals surface area contributed by atoms with E-state index in [2.05, 4.69) is 15.5 Å². The van der Waals surface area contributed by atoms with Crippen LogP contribution < -0.4 is 15.8 Å². The van der Waals surface area contributed by atoms with E-state index in [-0.39, 0.29) is 0 Å². The number of aryl methyl sites for hydroxylation is 1. The Balaban J connectivity index is 1.90. The lowest BCUT2D eigenvalue weighted by Crippen LogP contribution is -2.06. The quantitative estimate of drug-likeness (QED) is 0.774.